The summed E-state index contributed by atoms with van der Waals surface area (Å²) in [7, 11) is -7.80. The third kappa shape index (κ3) is 5.81. The molecule has 260 valence electrons. The molecule has 4 aromatic rings. The molecule has 2 heterocycles. The Morgan fingerprint density at radius 3 is 1.40 bits per heavy atom. The largest absolute Gasteiger partial charge is 0.489 e. The van der Waals surface area contributed by atoms with Crippen molar-refractivity contribution in [2.75, 3.05) is 0 Å². The summed E-state index contributed by atoms with van der Waals surface area (Å²) in [5.74, 6) is 0.120. The molecule has 2 saturated carbocycles. The number of nitrogens with one attached hydrogen (secondary N) is 2. The summed E-state index contributed by atoms with van der Waals surface area (Å²) in [6, 6.07) is 25.4. The standard InChI is InChI=1S/C37H36N2O9S2/c40-23(17-21-9-7-15-26-32-30(47-36(21)26)19-28(41)34(32)38-49(43,44)24-11-3-1-4-12-24)18-22-10-8-16-27-33-31(48-37(22)27)20-29(42)35(33)39-50(45,46)25-13-5-2-6-14-25/h1-16,28-35,38-39,41-42H,17-20H2/t28-,29-,30+,31+,32+,33+,34+,35+/m0/s1. The number of hydrogen-bond acceptors (Lipinski definition) is 9. The zero-order valence-electron chi connectivity index (χ0n) is 26.8. The second-order valence-electron chi connectivity index (χ2n) is 13.5. The Balaban J connectivity index is 0.994. The first-order valence-corrected chi connectivity index (χ1v) is 19.6. The van der Waals surface area contributed by atoms with Gasteiger partial charge < -0.3 is 19.7 Å². The predicted octanol–water partition coefficient (Wildman–Crippen LogP) is 2.95. The number of sulfonamides is 2. The van der Waals surface area contributed by atoms with Crippen molar-refractivity contribution in [2.45, 2.75) is 83.8 Å². The quantitative estimate of drug-likeness (QED) is 0.193. The van der Waals surface area contributed by atoms with Crippen molar-refractivity contribution in [1.29, 1.82) is 0 Å². The fourth-order valence-corrected chi connectivity index (χ4v) is 10.7. The van der Waals surface area contributed by atoms with Gasteiger partial charge in [0.2, 0.25) is 20.0 Å². The Labute approximate surface area is 290 Å². The lowest BCUT2D eigenvalue weighted by Gasteiger charge is -2.22. The van der Waals surface area contributed by atoms with Gasteiger partial charge in [-0.05, 0) is 24.3 Å². The number of ether oxygens (including phenoxy) is 2. The second kappa shape index (κ2) is 12.6. The van der Waals surface area contributed by atoms with E-state index in [-0.39, 0.29) is 41.3 Å². The molecule has 0 saturated heterocycles. The van der Waals surface area contributed by atoms with Gasteiger partial charge in [0.05, 0.1) is 34.1 Å². The minimum Gasteiger partial charge on any atom is -0.489 e. The molecular formula is C37H36N2O9S2. The van der Waals surface area contributed by atoms with Crippen molar-refractivity contribution < 1.29 is 41.3 Å². The number of fused-ring (bicyclic) bond motifs is 6. The molecule has 0 unspecified atom stereocenters. The molecule has 0 aromatic heterocycles. The summed E-state index contributed by atoms with van der Waals surface area (Å²) < 4.78 is 70.6. The number of benzene rings is 4. The minimum absolute atomic E-state index is 0.0559. The molecule has 2 aliphatic heterocycles. The maximum Gasteiger partial charge on any atom is 0.240 e. The van der Waals surface area contributed by atoms with E-state index in [0.717, 1.165) is 11.1 Å². The van der Waals surface area contributed by atoms with E-state index in [1.165, 1.54) is 24.3 Å². The van der Waals surface area contributed by atoms with Crippen molar-refractivity contribution in [1.82, 2.24) is 9.44 Å². The summed E-state index contributed by atoms with van der Waals surface area (Å²) >= 11 is 0. The zero-order valence-corrected chi connectivity index (χ0v) is 28.4. The van der Waals surface area contributed by atoms with Gasteiger partial charge in [-0.3, -0.25) is 4.79 Å². The summed E-state index contributed by atoms with van der Waals surface area (Å²) in [6.07, 6.45) is -2.21. The molecule has 0 amide bonds. The Morgan fingerprint density at radius 1 is 0.600 bits per heavy atom. The first-order chi connectivity index (χ1) is 24.0. The second-order valence-corrected chi connectivity index (χ2v) is 16.9. The molecule has 2 fully saturated rings. The van der Waals surface area contributed by atoms with Gasteiger partial charge in [0, 0.05) is 59.8 Å². The van der Waals surface area contributed by atoms with Gasteiger partial charge in [0.1, 0.15) is 29.5 Å². The Bertz CT molecular complexity index is 2010. The van der Waals surface area contributed by atoms with Crippen molar-refractivity contribution >= 4 is 25.8 Å². The summed E-state index contributed by atoms with van der Waals surface area (Å²) in [4.78, 5) is 13.8. The van der Waals surface area contributed by atoms with Gasteiger partial charge in [-0.1, -0.05) is 72.8 Å². The molecule has 11 nitrogen and oxygen atoms in total. The predicted molar refractivity (Wildman–Crippen MR) is 182 cm³/mol. The number of Topliss-reactive ketones (excluding diaryl/α,β-unsaturated/α-hetero) is 1. The first-order valence-electron chi connectivity index (χ1n) is 16.6. The average Bonchev–Trinajstić information content (AvgIpc) is 3.81. The number of rotatable bonds is 10. The first kappa shape index (κ1) is 33.1. The van der Waals surface area contributed by atoms with Crippen LogP contribution in [0.4, 0.5) is 0 Å². The van der Waals surface area contributed by atoms with E-state index in [0.29, 0.717) is 22.6 Å². The lowest BCUT2D eigenvalue weighted by molar-refractivity contribution is -0.117. The number of carbonyl (C=O) groups is 1. The third-order valence-electron chi connectivity index (χ3n) is 10.3. The van der Waals surface area contributed by atoms with E-state index in [1.807, 2.05) is 36.4 Å². The molecule has 2 aliphatic carbocycles. The van der Waals surface area contributed by atoms with Gasteiger partial charge in [0.15, 0.2) is 0 Å². The molecule has 4 N–H and O–H groups in total. The molecule has 50 heavy (non-hydrogen) atoms. The van der Waals surface area contributed by atoms with Gasteiger partial charge in [-0.2, -0.15) is 0 Å². The van der Waals surface area contributed by atoms with Crippen LogP contribution in [-0.4, -0.2) is 69.3 Å². The van der Waals surface area contributed by atoms with E-state index in [9.17, 15) is 31.8 Å². The molecule has 0 spiro atoms. The number of hydrogen-bond donors (Lipinski definition) is 4. The zero-order chi connectivity index (χ0) is 34.8. The lowest BCUT2D eigenvalue weighted by Crippen LogP contribution is -2.43. The Kier molecular flexibility index (Phi) is 8.32. The topological polar surface area (TPSA) is 168 Å². The highest BCUT2D eigenvalue weighted by Crippen LogP contribution is 2.50. The van der Waals surface area contributed by atoms with Crippen LogP contribution < -0.4 is 18.9 Å². The summed E-state index contributed by atoms with van der Waals surface area (Å²) in [5.41, 5.74) is 2.84. The van der Waals surface area contributed by atoms with E-state index in [4.69, 9.17) is 9.47 Å². The maximum absolute atomic E-state index is 13.6. The minimum atomic E-state index is -3.90. The number of aliphatic hydroxyl groups excluding tert-OH is 2. The molecule has 8 rings (SSSR count). The lowest BCUT2D eigenvalue weighted by atomic mass is 9.90. The maximum atomic E-state index is 13.6. The van der Waals surface area contributed by atoms with Crippen molar-refractivity contribution in [2.24, 2.45) is 0 Å². The number of aliphatic hydroxyl groups is 2. The van der Waals surface area contributed by atoms with Crippen LogP contribution in [0, 0.1) is 0 Å². The highest BCUT2D eigenvalue weighted by atomic mass is 32.2. The van der Waals surface area contributed by atoms with E-state index >= 15 is 0 Å². The molecule has 13 heteroatoms. The summed E-state index contributed by atoms with van der Waals surface area (Å²) in [5, 5.41) is 21.7. The van der Waals surface area contributed by atoms with Crippen molar-refractivity contribution in [3.63, 3.8) is 0 Å². The van der Waals surface area contributed by atoms with Gasteiger partial charge in [-0.15, -0.1) is 0 Å². The van der Waals surface area contributed by atoms with Crippen LogP contribution in [0.5, 0.6) is 11.5 Å². The van der Waals surface area contributed by atoms with E-state index < -0.39 is 68.4 Å². The molecule has 4 aromatic carbocycles. The van der Waals surface area contributed by atoms with Crippen LogP contribution in [0.2, 0.25) is 0 Å². The molecule has 0 bridgehead atoms. The Morgan fingerprint density at radius 2 is 1.00 bits per heavy atom. The normalized spacial score (nSPS) is 27.9. The molecule has 8 atom stereocenters. The number of para-hydroxylation sites is 2. The van der Waals surface area contributed by atoms with Crippen molar-refractivity contribution in [3.8, 4) is 11.5 Å². The smallest absolute Gasteiger partial charge is 0.240 e. The van der Waals surface area contributed by atoms with Gasteiger partial charge in [0.25, 0.3) is 0 Å². The van der Waals surface area contributed by atoms with Crippen LogP contribution in [-0.2, 0) is 37.7 Å². The Hall–Kier alpha value is -4.11. The van der Waals surface area contributed by atoms with Gasteiger partial charge >= 0.3 is 0 Å². The third-order valence-corrected chi connectivity index (χ3v) is 13.3. The number of carbonyl (C=O) groups excluding carboxylic acids is 1. The number of ketones is 1. The SMILES string of the molecule is O=C(Cc1cccc2c1O[C@@H]1C[C@H](O)[C@@H](NS(=O)(=O)c3ccccc3)[C@H]21)Cc1cccc2c1O[C@@H]1C[C@H](O)[C@@H](NS(=O)(=O)c3ccccc3)[C@H]21. The van der Waals surface area contributed by atoms with Gasteiger partial charge in [-0.25, -0.2) is 26.3 Å². The van der Waals surface area contributed by atoms with Crippen LogP contribution in [0.3, 0.4) is 0 Å². The summed E-state index contributed by atoms with van der Waals surface area (Å²) in [6.45, 7) is 0. The highest BCUT2D eigenvalue weighted by Gasteiger charge is 2.53. The molecular weight excluding hydrogens is 681 g/mol. The monoisotopic (exact) mass is 716 g/mol. The van der Waals surface area contributed by atoms with Crippen LogP contribution in [0.25, 0.3) is 0 Å². The van der Waals surface area contributed by atoms with Crippen LogP contribution >= 0.6 is 0 Å². The van der Waals surface area contributed by atoms with E-state index in [1.54, 1.807) is 36.4 Å². The van der Waals surface area contributed by atoms with Crippen LogP contribution in [0.1, 0.15) is 46.9 Å². The average molecular weight is 717 g/mol. The fourth-order valence-electron chi connectivity index (χ4n) is 8.12. The fraction of sp³-hybridized carbons (Fsp3) is 0.324. The van der Waals surface area contributed by atoms with E-state index in [2.05, 4.69) is 9.44 Å². The molecule has 4 aliphatic rings. The highest BCUT2D eigenvalue weighted by molar-refractivity contribution is 7.89. The van der Waals surface area contributed by atoms with Crippen LogP contribution in [0.15, 0.2) is 107 Å². The molecule has 0 radical (unpaired) electrons. The van der Waals surface area contributed by atoms with Crippen molar-refractivity contribution in [3.05, 3.63) is 119 Å².